The Labute approximate surface area is 162 Å². The van der Waals surface area contributed by atoms with Crippen molar-refractivity contribution in [1.29, 1.82) is 0 Å². The highest BCUT2D eigenvalue weighted by Gasteiger charge is 2.14. The molecule has 0 spiro atoms. The molecule has 2 aromatic carbocycles. The Morgan fingerprint density at radius 3 is 1.48 bits per heavy atom. The van der Waals surface area contributed by atoms with Crippen molar-refractivity contribution in [2.75, 3.05) is 0 Å². The Hall–Kier alpha value is -2.16. The Morgan fingerprint density at radius 2 is 1.07 bits per heavy atom. The second-order valence-corrected chi connectivity index (χ2v) is 7.68. The third-order valence-corrected chi connectivity index (χ3v) is 5.47. The lowest BCUT2D eigenvalue weighted by Crippen LogP contribution is -1.88. The third kappa shape index (κ3) is 4.58. The molecule has 0 aliphatic heterocycles. The van der Waals surface area contributed by atoms with Crippen LogP contribution in [0.5, 0.6) is 11.5 Å². The zero-order valence-corrected chi connectivity index (χ0v) is 16.7. The van der Waals surface area contributed by atoms with Gasteiger partial charge in [0, 0.05) is 22.9 Å². The summed E-state index contributed by atoms with van der Waals surface area (Å²) in [6.45, 7) is 4.41. The predicted octanol–water partition coefficient (Wildman–Crippen LogP) is 7.24. The van der Waals surface area contributed by atoms with Gasteiger partial charge in [0.05, 0.1) is 0 Å². The van der Waals surface area contributed by atoms with E-state index in [0.717, 1.165) is 47.6 Å². The van der Waals surface area contributed by atoms with Crippen LogP contribution in [0.1, 0.15) is 76.3 Å². The van der Waals surface area contributed by atoms with E-state index in [1.807, 2.05) is 0 Å². The number of furan rings is 1. The number of fused-ring (bicyclic) bond motifs is 3. The van der Waals surface area contributed by atoms with Crippen LogP contribution in [0.25, 0.3) is 21.9 Å². The summed E-state index contributed by atoms with van der Waals surface area (Å²) in [6.07, 6.45) is 11.2. The number of aryl methyl sites for hydroxylation is 2. The van der Waals surface area contributed by atoms with Crippen molar-refractivity contribution in [3.05, 3.63) is 35.4 Å². The Bertz CT molecular complexity index is 819. The van der Waals surface area contributed by atoms with Crippen molar-refractivity contribution < 1.29 is 14.6 Å². The molecule has 146 valence electrons. The van der Waals surface area contributed by atoms with Crippen LogP contribution >= 0.6 is 0 Å². The molecule has 3 aromatic rings. The highest BCUT2D eigenvalue weighted by Crippen LogP contribution is 2.37. The van der Waals surface area contributed by atoms with Gasteiger partial charge in [-0.15, -0.1) is 0 Å². The second-order valence-electron chi connectivity index (χ2n) is 7.68. The zero-order valence-electron chi connectivity index (χ0n) is 16.7. The monoisotopic (exact) mass is 368 g/mol. The van der Waals surface area contributed by atoms with Crippen molar-refractivity contribution in [1.82, 2.24) is 0 Å². The number of hydrogen-bond acceptors (Lipinski definition) is 3. The highest BCUT2D eigenvalue weighted by molar-refractivity contribution is 6.06. The average Bonchev–Trinajstić information content (AvgIpc) is 2.98. The van der Waals surface area contributed by atoms with Gasteiger partial charge in [-0.1, -0.05) is 52.4 Å². The van der Waals surface area contributed by atoms with Crippen LogP contribution in [0.2, 0.25) is 0 Å². The van der Waals surface area contributed by atoms with E-state index in [1.54, 1.807) is 12.1 Å². The topological polar surface area (TPSA) is 53.6 Å². The fraction of sp³-hybridized carbons (Fsp3) is 0.500. The maximum atomic E-state index is 10.4. The summed E-state index contributed by atoms with van der Waals surface area (Å²) in [6, 6.07) is 7.59. The van der Waals surface area contributed by atoms with Gasteiger partial charge < -0.3 is 14.6 Å². The van der Waals surface area contributed by atoms with E-state index < -0.39 is 0 Å². The van der Waals surface area contributed by atoms with Gasteiger partial charge in [0.1, 0.15) is 22.7 Å². The standard InChI is InChI=1S/C24H32O3/c1-3-5-7-9-11-17-13-19-20-14-18(12-10-8-6-4-2)22(26)16-24(20)27-23(19)15-21(17)25/h13-16,25-26H,3-12H2,1-2H3. The molecule has 2 N–H and O–H groups in total. The van der Waals surface area contributed by atoms with Gasteiger partial charge in [-0.2, -0.15) is 0 Å². The molecule has 0 unspecified atom stereocenters. The van der Waals surface area contributed by atoms with Crippen molar-refractivity contribution in [2.45, 2.75) is 78.1 Å². The van der Waals surface area contributed by atoms with Crippen LogP contribution in [-0.2, 0) is 12.8 Å². The molecule has 0 aliphatic carbocycles. The van der Waals surface area contributed by atoms with E-state index in [-0.39, 0.29) is 0 Å². The number of hydrogen-bond donors (Lipinski definition) is 2. The zero-order chi connectivity index (χ0) is 19.2. The fourth-order valence-electron chi connectivity index (χ4n) is 3.82. The molecule has 0 bridgehead atoms. The van der Waals surface area contributed by atoms with Gasteiger partial charge in [-0.05, 0) is 48.9 Å². The smallest absolute Gasteiger partial charge is 0.139 e. The first-order valence-corrected chi connectivity index (χ1v) is 10.5. The lowest BCUT2D eigenvalue weighted by Gasteiger charge is -2.06. The Morgan fingerprint density at radius 1 is 0.630 bits per heavy atom. The van der Waals surface area contributed by atoms with E-state index in [1.165, 1.54) is 38.5 Å². The molecule has 0 amide bonds. The van der Waals surface area contributed by atoms with Crippen LogP contribution in [0, 0.1) is 0 Å². The minimum absolute atomic E-state index is 0.307. The minimum Gasteiger partial charge on any atom is -0.508 e. The SMILES string of the molecule is CCCCCCc1cc2c(cc1O)oc1cc(O)c(CCCCCC)cc12. The normalized spacial score (nSPS) is 11.6. The molecule has 0 saturated heterocycles. The summed E-state index contributed by atoms with van der Waals surface area (Å²) in [5.74, 6) is 0.615. The second kappa shape index (κ2) is 9.16. The first-order chi connectivity index (χ1) is 13.1. The first kappa shape index (κ1) is 19.6. The molecular formula is C24H32O3. The summed E-state index contributed by atoms with van der Waals surface area (Å²) < 4.78 is 5.89. The van der Waals surface area contributed by atoms with E-state index in [0.29, 0.717) is 22.7 Å². The maximum absolute atomic E-state index is 10.4. The third-order valence-electron chi connectivity index (χ3n) is 5.47. The largest absolute Gasteiger partial charge is 0.508 e. The van der Waals surface area contributed by atoms with Crippen LogP contribution < -0.4 is 0 Å². The first-order valence-electron chi connectivity index (χ1n) is 10.5. The average molecular weight is 369 g/mol. The van der Waals surface area contributed by atoms with Crippen LogP contribution in [0.3, 0.4) is 0 Å². The lowest BCUT2D eigenvalue weighted by atomic mass is 10.00. The highest BCUT2D eigenvalue weighted by atomic mass is 16.3. The van der Waals surface area contributed by atoms with Crippen molar-refractivity contribution >= 4 is 21.9 Å². The summed E-state index contributed by atoms with van der Waals surface area (Å²) in [4.78, 5) is 0. The molecule has 3 nitrogen and oxygen atoms in total. The molecular weight excluding hydrogens is 336 g/mol. The maximum Gasteiger partial charge on any atom is 0.139 e. The van der Waals surface area contributed by atoms with Gasteiger partial charge in [0.2, 0.25) is 0 Å². The predicted molar refractivity (Wildman–Crippen MR) is 113 cm³/mol. The number of rotatable bonds is 10. The van der Waals surface area contributed by atoms with Crippen LogP contribution in [0.15, 0.2) is 28.7 Å². The summed E-state index contributed by atoms with van der Waals surface area (Å²) in [7, 11) is 0. The van der Waals surface area contributed by atoms with Gasteiger partial charge in [0.25, 0.3) is 0 Å². The van der Waals surface area contributed by atoms with E-state index in [2.05, 4.69) is 26.0 Å². The van der Waals surface area contributed by atoms with E-state index in [9.17, 15) is 10.2 Å². The summed E-state index contributed by atoms with van der Waals surface area (Å²) in [5.41, 5.74) is 3.34. The number of phenolic OH excluding ortho intramolecular Hbond substituents is 2. The Balaban J connectivity index is 1.89. The molecule has 1 heterocycles. The summed E-state index contributed by atoms with van der Waals surface area (Å²) >= 11 is 0. The van der Waals surface area contributed by atoms with Crippen LogP contribution in [-0.4, -0.2) is 10.2 Å². The van der Waals surface area contributed by atoms with E-state index >= 15 is 0 Å². The molecule has 0 radical (unpaired) electrons. The molecule has 1 aromatic heterocycles. The van der Waals surface area contributed by atoms with Gasteiger partial charge in [0.15, 0.2) is 0 Å². The molecule has 0 saturated carbocycles. The van der Waals surface area contributed by atoms with Crippen molar-refractivity contribution in [3.63, 3.8) is 0 Å². The number of aromatic hydroxyl groups is 2. The molecule has 0 atom stereocenters. The minimum atomic E-state index is 0.307. The van der Waals surface area contributed by atoms with Crippen LogP contribution in [0.4, 0.5) is 0 Å². The van der Waals surface area contributed by atoms with Crippen molar-refractivity contribution in [2.24, 2.45) is 0 Å². The molecule has 27 heavy (non-hydrogen) atoms. The number of unbranched alkanes of at least 4 members (excludes halogenated alkanes) is 6. The van der Waals surface area contributed by atoms with Gasteiger partial charge in [-0.25, -0.2) is 0 Å². The quantitative estimate of drug-likeness (QED) is 0.371. The van der Waals surface area contributed by atoms with E-state index in [4.69, 9.17) is 4.42 Å². The van der Waals surface area contributed by atoms with Gasteiger partial charge >= 0.3 is 0 Å². The molecule has 0 aliphatic rings. The number of phenols is 2. The lowest BCUT2D eigenvalue weighted by molar-refractivity contribution is 0.465. The fourth-order valence-corrected chi connectivity index (χ4v) is 3.82. The number of benzene rings is 2. The molecule has 3 rings (SSSR count). The molecule has 3 heteroatoms. The van der Waals surface area contributed by atoms with Crippen molar-refractivity contribution in [3.8, 4) is 11.5 Å². The van der Waals surface area contributed by atoms with Gasteiger partial charge in [-0.3, -0.25) is 0 Å². The Kier molecular flexibility index (Phi) is 6.65. The molecule has 0 fully saturated rings. The summed E-state index contributed by atoms with van der Waals surface area (Å²) in [5, 5.41) is 22.8.